The van der Waals surface area contributed by atoms with Gasteiger partial charge in [-0.05, 0) is 17.7 Å². The smallest absolute Gasteiger partial charge is 0.335 e. The van der Waals surface area contributed by atoms with Crippen molar-refractivity contribution in [1.29, 1.82) is 0 Å². The van der Waals surface area contributed by atoms with Crippen LogP contribution in [0, 0.1) is 12.3 Å². The molecule has 5 nitrogen and oxygen atoms in total. The van der Waals surface area contributed by atoms with Gasteiger partial charge in [-0.3, -0.25) is 0 Å². The van der Waals surface area contributed by atoms with Crippen molar-refractivity contribution in [2.45, 2.75) is 12.7 Å². The fourth-order valence-electron chi connectivity index (χ4n) is 1.55. The van der Waals surface area contributed by atoms with E-state index < -0.39 is 16.0 Å². The number of carboxylic acids is 1. The summed E-state index contributed by atoms with van der Waals surface area (Å²) in [7, 11) is -3.48. The zero-order chi connectivity index (χ0) is 14.5. The number of carboxylic acid groups (broad SMARTS) is 1. The monoisotopic (exact) mass is 281 g/mol. The number of carbonyl (C=O) groups is 1. The van der Waals surface area contributed by atoms with E-state index >= 15 is 0 Å². The van der Waals surface area contributed by atoms with Crippen LogP contribution in [0.1, 0.15) is 22.8 Å². The molecule has 0 unspecified atom stereocenters. The van der Waals surface area contributed by atoms with E-state index in [-0.39, 0.29) is 17.9 Å². The first-order chi connectivity index (χ1) is 8.90. The molecule has 0 saturated carbocycles. The molecule has 0 heterocycles. The van der Waals surface area contributed by atoms with Gasteiger partial charge in [0.1, 0.15) is 0 Å². The minimum absolute atomic E-state index is 0.0338. The van der Waals surface area contributed by atoms with Gasteiger partial charge >= 0.3 is 5.97 Å². The second-order valence-electron chi connectivity index (χ2n) is 3.89. The van der Waals surface area contributed by atoms with Crippen LogP contribution in [0.15, 0.2) is 24.3 Å². The van der Waals surface area contributed by atoms with Crippen molar-refractivity contribution in [3.63, 3.8) is 0 Å². The summed E-state index contributed by atoms with van der Waals surface area (Å²) in [5.74, 6) is 1.07. The molecule has 0 amide bonds. The zero-order valence-electron chi connectivity index (χ0n) is 10.5. The highest BCUT2D eigenvalue weighted by Crippen LogP contribution is 2.12. The first-order valence-electron chi connectivity index (χ1n) is 5.64. The lowest BCUT2D eigenvalue weighted by molar-refractivity contribution is 0.0697. The number of nitrogens with zero attached hydrogens (tertiary/aromatic N) is 1. The van der Waals surface area contributed by atoms with E-state index in [1.165, 1.54) is 28.6 Å². The summed E-state index contributed by atoms with van der Waals surface area (Å²) in [6, 6.07) is 5.74. The molecule has 0 atom stereocenters. The van der Waals surface area contributed by atoms with Crippen LogP contribution in [0.25, 0.3) is 0 Å². The van der Waals surface area contributed by atoms with Gasteiger partial charge < -0.3 is 5.11 Å². The first-order valence-corrected chi connectivity index (χ1v) is 7.25. The maximum absolute atomic E-state index is 12.1. The van der Waals surface area contributed by atoms with E-state index in [2.05, 4.69) is 5.92 Å². The van der Waals surface area contributed by atoms with Gasteiger partial charge in [0.25, 0.3) is 0 Å². The van der Waals surface area contributed by atoms with Gasteiger partial charge in [-0.2, -0.15) is 4.31 Å². The highest BCUT2D eigenvalue weighted by atomic mass is 32.2. The van der Waals surface area contributed by atoms with Crippen molar-refractivity contribution in [1.82, 2.24) is 4.31 Å². The molecule has 0 bridgehead atoms. The molecule has 0 aliphatic heterocycles. The van der Waals surface area contributed by atoms with Crippen LogP contribution < -0.4 is 0 Å². The molecule has 0 spiro atoms. The normalized spacial score (nSPS) is 11.2. The Balaban J connectivity index is 2.89. The van der Waals surface area contributed by atoms with Gasteiger partial charge in [-0.15, -0.1) is 6.42 Å². The van der Waals surface area contributed by atoms with Crippen LogP contribution in [0.4, 0.5) is 0 Å². The number of hydrogen-bond acceptors (Lipinski definition) is 3. The second-order valence-corrected chi connectivity index (χ2v) is 5.86. The Hall–Kier alpha value is -1.84. The van der Waals surface area contributed by atoms with Crippen molar-refractivity contribution in [2.75, 3.05) is 13.1 Å². The highest BCUT2D eigenvalue weighted by molar-refractivity contribution is 7.88. The zero-order valence-corrected chi connectivity index (χ0v) is 11.4. The fraction of sp³-hybridized carbons (Fsp3) is 0.308. The molecule has 1 N–H and O–H groups in total. The lowest BCUT2D eigenvalue weighted by atomic mass is 10.1. The number of aromatic carboxylic acids is 1. The van der Waals surface area contributed by atoms with Crippen molar-refractivity contribution in [3.8, 4) is 12.3 Å². The van der Waals surface area contributed by atoms with E-state index in [1.807, 2.05) is 0 Å². The Labute approximate surface area is 112 Å². The SMILES string of the molecule is C#CCN(CC)S(=O)(=O)Cc1ccc(C(=O)O)cc1. The van der Waals surface area contributed by atoms with Gasteiger partial charge in [-0.1, -0.05) is 25.0 Å². The lowest BCUT2D eigenvalue weighted by Crippen LogP contribution is -2.32. The first kappa shape index (κ1) is 15.2. The molecule has 0 aliphatic carbocycles. The Morgan fingerprint density at radius 2 is 1.95 bits per heavy atom. The van der Waals surface area contributed by atoms with Crippen LogP contribution >= 0.6 is 0 Å². The summed E-state index contributed by atoms with van der Waals surface area (Å²) >= 11 is 0. The summed E-state index contributed by atoms with van der Waals surface area (Å²) in [5, 5.41) is 8.76. The van der Waals surface area contributed by atoms with Gasteiger partial charge in [0.2, 0.25) is 10.0 Å². The quantitative estimate of drug-likeness (QED) is 0.794. The molecular weight excluding hydrogens is 266 g/mol. The van der Waals surface area contributed by atoms with Gasteiger partial charge in [-0.25, -0.2) is 13.2 Å². The number of hydrogen-bond donors (Lipinski definition) is 1. The Kier molecular flexibility index (Phi) is 5.10. The van der Waals surface area contributed by atoms with E-state index in [0.29, 0.717) is 12.1 Å². The number of sulfonamides is 1. The molecule has 0 aromatic heterocycles. The summed E-state index contributed by atoms with van der Waals surface area (Å²) in [5.41, 5.74) is 0.651. The Morgan fingerprint density at radius 3 is 2.37 bits per heavy atom. The number of rotatable bonds is 6. The Bertz CT molecular complexity index is 584. The van der Waals surface area contributed by atoms with Gasteiger partial charge in [0.05, 0.1) is 17.9 Å². The average molecular weight is 281 g/mol. The Morgan fingerprint density at radius 1 is 1.37 bits per heavy atom. The number of terminal acetylenes is 1. The molecule has 0 radical (unpaired) electrons. The van der Waals surface area contributed by atoms with E-state index in [0.717, 1.165) is 0 Å². The standard InChI is InChI=1S/C13H15NO4S/c1-3-9-14(4-2)19(17,18)10-11-5-7-12(8-6-11)13(15)16/h1,5-8H,4,9-10H2,2H3,(H,15,16). The van der Waals surface area contributed by atoms with E-state index in [9.17, 15) is 13.2 Å². The van der Waals surface area contributed by atoms with E-state index in [1.54, 1.807) is 6.92 Å². The molecule has 0 saturated heterocycles. The summed E-state index contributed by atoms with van der Waals surface area (Å²) in [6.07, 6.45) is 5.13. The van der Waals surface area contributed by atoms with Crippen LogP contribution in [0.2, 0.25) is 0 Å². The largest absolute Gasteiger partial charge is 0.478 e. The van der Waals surface area contributed by atoms with Crippen molar-refractivity contribution in [2.24, 2.45) is 0 Å². The van der Waals surface area contributed by atoms with Crippen molar-refractivity contribution >= 4 is 16.0 Å². The summed E-state index contributed by atoms with van der Waals surface area (Å²) in [4.78, 5) is 10.7. The van der Waals surface area contributed by atoms with Crippen molar-refractivity contribution in [3.05, 3.63) is 35.4 Å². The molecule has 102 valence electrons. The topological polar surface area (TPSA) is 74.7 Å². The minimum atomic E-state index is -3.48. The third-order valence-corrected chi connectivity index (χ3v) is 4.44. The fourth-order valence-corrected chi connectivity index (χ4v) is 3.02. The molecule has 19 heavy (non-hydrogen) atoms. The number of benzene rings is 1. The minimum Gasteiger partial charge on any atom is -0.478 e. The summed E-state index contributed by atoms with van der Waals surface area (Å²) in [6.45, 7) is 2.05. The maximum Gasteiger partial charge on any atom is 0.335 e. The molecule has 6 heteroatoms. The molecular formula is C13H15NO4S. The van der Waals surface area contributed by atoms with Gasteiger partial charge in [0.15, 0.2) is 0 Å². The summed E-state index contributed by atoms with van der Waals surface area (Å²) < 4.78 is 25.3. The maximum atomic E-state index is 12.1. The molecule has 1 rings (SSSR count). The second kappa shape index (κ2) is 6.36. The van der Waals surface area contributed by atoms with Crippen molar-refractivity contribution < 1.29 is 18.3 Å². The lowest BCUT2D eigenvalue weighted by Gasteiger charge is -2.17. The molecule has 0 fully saturated rings. The molecule has 0 aliphatic rings. The molecule has 1 aromatic rings. The predicted molar refractivity (Wildman–Crippen MR) is 72.1 cm³/mol. The molecule has 1 aromatic carbocycles. The van der Waals surface area contributed by atoms with E-state index in [4.69, 9.17) is 11.5 Å². The average Bonchev–Trinajstić information content (AvgIpc) is 2.35. The van der Waals surface area contributed by atoms with Gasteiger partial charge in [0, 0.05) is 6.54 Å². The third-order valence-electron chi connectivity index (χ3n) is 2.56. The van der Waals surface area contributed by atoms with Crippen LogP contribution in [-0.4, -0.2) is 36.9 Å². The predicted octanol–water partition coefficient (Wildman–Crippen LogP) is 1.17. The highest BCUT2D eigenvalue weighted by Gasteiger charge is 2.20. The third kappa shape index (κ3) is 4.09. The van der Waals surface area contributed by atoms with Crippen LogP contribution in [0.3, 0.4) is 0 Å². The van der Waals surface area contributed by atoms with Crippen LogP contribution in [0.5, 0.6) is 0 Å². The van der Waals surface area contributed by atoms with Crippen LogP contribution in [-0.2, 0) is 15.8 Å².